The molecular weight excluding hydrogens is 418 g/mol. The van der Waals surface area contributed by atoms with Crippen LogP contribution < -0.4 is 22.3 Å². The van der Waals surface area contributed by atoms with Gasteiger partial charge in [0.2, 0.25) is 5.95 Å². The fraction of sp³-hybridized carbons (Fsp3) is 0.100. The second-order valence-electron chi connectivity index (χ2n) is 6.63. The Balaban J connectivity index is 1.95. The van der Waals surface area contributed by atoms with Gasteiger partial charge >= 0.3 is 0 Å². The standard InChI is InChI=1S/C20H16ClN9O/c1-10(26-17-15(21)16(23)28-20(24)29-17)18-27-13-6-2-4-11(8-22)14(13)19(31)30(18)12-5-3-7-25-9-12/h2-7,9-10H,1H3,(H5,23,24,26,28,29)/t10-/m0/s1. The Morgan fingerprint density at radius 2 is 2.00 bits per heavy atom. The lowest BCUT2D eigenvalue weighted by Gasteiger charge is -2.20. The molecule has 0 aliphatic rings. The smallest absolute Gasteiger partial charge is 0.267 e. The van der Waals surface area contributed by atoms with E-state index in [4.69, 9.17) is 23.1 Å². The van der Waals surface area contributed by atoms with E-state index in [1.54, 1.807) is 43.5 Å². The molecule has 3 heterocycles. The fourth-order valence-corrected chi connectivity index (χ4v) is 3.35. The Bertz CT molecular complexity index is 1400. The third-order valence-corrected chi connectivity index (χ3v) is 4.96. The maximum Gasteiger partial charge on any atom is 0.267 e. The third kappa shape index (κ3) is 3.58. The number of nitrogen functional groups attached to an aromatic ring is 2. The molecule has 0 amide bonds. The fourth-order valence-electron chi connectivity index (χ4n) is 3.21. The largest absolute Gasteiger partial charge is 0.382 e. The number of nitrogens with one attached hydrogen (secondary N) is 1. The number of benzene rings is 1. The molecule has 10 nitrogen and oxygen atoms in total. The van der Waals surface area contributed by atoms with Gasteiger partial charge < -0.3 is 16.8 Å². The van der Waals surface area contributed by atoms with E-state index in [0.717, 1.165) is 0 Å². The molecule has 31 heavy (non-hydrogen) atoms. The predicted molar refractivity (Wildman–Crippen MR) is 118 cm³/mol. The van der Waals surface area contributed by atoms with Crippen molar-refractivity contribution in [3.63, 3.8) is 0 Å². The van der Waals surface area contributed by atoms with Crippen molar-refractivity contribution in [1.82, 2.24) is 24.5 Å². The number of anilines is 3. The molecule has 1 atom stereocenters. The van der Waals surface area contributed by atoms with Gasteiger partial charge in [0.05, 0.1) is 34.4 Å². The Labute approximate surface area is 181 Å². The molecule has 0 spiro atoms. The van der Waals surface area contributed by atoms with Gasteiger partial charge in [-0.25, -0.2) is 4.98 Å². The van der Waals surface area contributed by atoms with Crippen LogP contribution in [0.3, 0.4) is 0 Å². The van der Waals surface area contributed by atoms with Crippen LogP contribution in [0.2, 0.25) is 5.02 Å². The Morgan fingerprint density at radius 1 is 1.19 bits per heavy atom. The highest BCUT2D eigenvalue weighted by Crippen LogP contribution is 2.29. The van der Waals surface area contributed by atoms with Crippen LogP contribution in [0.15, 0.2) is 47.5 Å². The first kappa shape index (κ1) is 20.1. The van der Waals surface area contributed by atoms with Gasteiger partial charge in [-0.15, -0.1) is 0 Å². The van der Waals surface area contributed by atoms with Gasteiger partial charge in [-0.1, -0.05) is 17.7 Å². The average molecular weight is 434 g/mol. The van der Waals surface area contributed by atoms with E-state index in [9.17, 15) is 10.1 Å². The molecule has 4 rings (SSSR count). The van der Waals surface area contributed by atoms with Gasteiger partial charge in [0, 0.05) is 6.20 Å². The quantitative estimate of drug-likeness (QED) is 0.438. The van der Waals surface area contributed by atoms with Gasteiger partial charge in [-0.05, 0) is 31.2 Å². The first-order chi connectivity index (χ1) is 14.9. The van der Waals surface area contributed by atoms with E-state index in [1.165, 1.54) is 10.8 Å². The summed E-state index contributed by atoms with van der Waals surface area (Å²) in [6.45, 7) is 1.78. The zero-order chi connectivity index (χ0) is 22.1. The summed E-state index contributed by atoms with van der Waals surface area (Å²) in [5, 5.41) is 12.9. The Kier molecular flexibility index (Phi) is 5.10. The van der Waals surface area contributed by atoms with Crippen molar-refractivity contribution in [2.24, 2.45) is 0 Å². The van der Waals surface area contributed by atoms with E-state index in [-0.39, 0.29) is 33.6 Å². The first-order valence-electron chi connectivity index (χ1n) is 9.12. The summed E-state index contributed by atoms with van der Waals surface area (Å²) in [4.78, 5) is 30.2. The summed E-state index contributed by atoms with van der Waals surface area (Å²) in [5.74, 6) is 0.537. The van der Waals surface area contributed by atoms with Gasteiger partial charge in [-0.2, -0.15) is 15.2 Å². The molecule has 0 bridgehead atoms. The molecule has 3 aromatic heterocycles. The summed E-state index contributed by atoms with van der Waals surface area (Å²) in [5.41, 5.74) is 12.2. The van der Waals surface area contributed by atoms with Gasteiger partial charge in [-0.3, -0.25) is 14.3 Å². The van der Waals surface area contributed by atoms with Crippen molar-refractivity contribution in [3.8, 4) is 11.8 Å². The highest BCUT2D eigenvalue weighted by Gasteiger charge is 2.21. The molecule has 0 unspecified atom stereocenters. The van der Waals surface area contributed by atoms with E-state index >= 15 is 0 Å². The molecule has 0 fully saturated rings. The minimum absolute atomic E-state index is 0.0265. The number of fused-ring (bicyclic) bond motifs is 1. The molecule has 4 aromatic rings. The molecule has 154 valence electrons. The summed E-state index contributed by atoms with van der Waals surface area (Å²) in [6, 6.07) is 9.84. The summed E-state index contributed by atoms with van der Waals surface area (Å²) in [6.07, 6.45) is 3.13. The van der Waals surface area contributed by atoms with Crippen molar-refractivity contribution in [2.45, 2.75) is 13.0 Å². The molecule has 1 aromatic carbocycles. The van der Waals surface area contributed by atoms with Crippen molar-refractivity contribution < 1.29 is 0 Å². The summed E-state index contributed by atoms with van der Waals surface area (Å²) < 4.78 is 1.40. The zero-order valence-electron chi connectivity index (χ0n) is 16.2. The lowest BCUT2D eigenvalue weighted by Crippen LogP contribution is -2.28. The predicted octanol–water partition coefficient (Wildman–Crippen LogP) is 2.43. The molecule has 5 N–H and O–H groups in total. The summed E-state index contributed by atoms with van der Waals surface area (Å²) >= 11 is 6.22. The SMILES string of the molecule is C[C@H](Nc1nc(N)nc(N)c1Cl)c1nc2cccc(C#N)c2c(=O)n1-c1cccnc1. The lowest BCUT2D eigenvalue weighted by atomic mass is 10.1. The number of halogens is 1. The number of aromatic nitrogens is 5. The second-order valence-corrected chi connectivity index (χ2v) is 7.01. The number of pyridine rings is 1. The Morgan fingerprint density at radius 3 is 2.71 bits per heavy atom. The number of nitrogens with zero attached hydrogens (tertiary/aromatic N) is 6. The number of hydrogen-bond acceptors (Lipinski definition) is 9. The number of nitriles is 1. The Hall–Kier alpha value is -4.23. The maximum absolute atomic E-state index is 13.5. The second kappa shape index (κ2) is 7.89. The molecule has 0 saturated carbocycles. The third-order valence-electron chi connectivity index (χ3n) is 4.58. The zero-order valence-corrected chi connectivity index (χ0v) is 17.0. The van der Waals surface area contributed by atoms with Crippen LogP contribution in [0.1, 0.15) is 24.4 Å². The molecule has 0 radical (unpaired) electrons. The number of nitrogens with two attached hydrogens (primary N) is 2. The van der Waals surface area contributed by atoms with Crippen LogP contribution in [0, 0.1) is 11.3 Å². The minimum atomic E-state index is -0.561. The van der Waals surface area contributed by atoms with Gasteiger partial charge in [0.15, 0.2) is 5.82 Å². The monoisotopic (exact) mass is 433 g/mol. The van der Waals surface area contributed by atoms with E-state index in [2.05, 4.69) is 31.3 Å². The minimum Gasteiger partial charge on any atom is -0.382 e. The number of rotatable bonds is 4. The topological polar surface area (TPSA) is 161 Å². The average Bonchev–Trinajstić information content (AvgIpc) is 2.77. The highest BCUT2D eigenvalue weighted by molar-refractivity contribution is 6.35. The first-order valence-corrected chi connectivity index (χ1v) is 9.49. The molecular formula is C20H16ClN9O. The van der Waals surface area contributed by atoms with Crippen molar-refractivity contribution in [3.05, 3.63) is 69.5 Å². The molecule has 0 saturated heterocycles. The summed E-state index contributed by atoms with van der Waals surface area (Å²) in [7, 11) is 0. The van der Waals surface area contributed by atoms with E-state index in [1.807, 2.05) is 0 Å². The maximum atomic E-state index is 13.5. The van der Waals surface area contributed by atoms with Crippen LogP contribution in [-0.2, 0) is 0 Å². The van der Waals surface area contributed by atoms with Crippen LogP contribution in [-0.4, -0.2) is 24.5 Å². The molecule has 0 aliphatic heterocycles. The van der Waals surface area contributed by atoms with Crippen molar-refractivity contribution in [1.29, 1.82) is 5.26 Å². The van der Waals surface area contributed by atoms with Crippen molar-refractivity contribution in [2.75, 3.05) is 16.8 Å². The molecule has 0 aliphatic carbocycles. The van der Waals surface area contributed by atoms with Crippen LogP contribution >= 0.6 is 11.6 Å². The normalized spacial score (nSPS) is 11.8. The van der Waals surface area contributed by atoms with E-state index in [0.29, 0.717) is 17.0 Å². The van der Waals surface area contributed by atoms with Gasteiger partial charge in [0.25, 0.3) is 5.56 Å². The van der Waals surface area contributed by atoms with Crippen LogP contribution in [0.4, 0.5) is 17.6 Å². The van der Waals surface area contributed by atoms with Gasteiger partial charge in [0.1, 0.15) is 22.7 Å². The van der Waals surface area contributed by atoms with Crippen LogP contribution in [0.5, 0.6) is 0 Å². The molecule has 11 heteroatoms. The van der Waals surface area contributed by atoms with Crippen molar-refractivity contribution >= 4 is 40.1 Å². The number of hydrogen-bond donors (Lipinski definition) is 3. The lowest BCUT2D eigenvalue weighted by molar-refractivity contribution is 0.729. The van der Waals surface area contributed by atoms with E-state index < -0.39 is 11.6 Å². The van der Waals surface area contributed by atoms with Crippen LogP contribution in [0.25, 0.3) is 16.6 Å². The highest BCUT2D eigenvalue weighted by atomic mass is 35.5.